The molecule has 7 nitrogen and oxygen atoms in total. The molecule has 0 unspecified atom stereocenters. The quantitative estimate of drug-likeness (QED) is 0.760. The fourth-order valence-electron chi connectivity index (χ4n) is 3.28. The average molecular weight is 381 g/mol. The van der Waals surface area contributed by atoms with Crippen LogP contribution in [-0.4, -0.2) is 82.8 Å². The molecule has 0 saturated carbocycles. The third-order valence-corrected chi connectivity index (χ3v) is 5.16. The molecule has 1 fully saturated rings. The zero-order valence-corrected chi connectivity index (χ0v) is 16.5. The maximum Gasteiger partial charge on any atom is 0.272 e. The van der Waals surface area contributed by atoms with Crippen LogP contribution in [0.3, 0.4) is 0 Å². The number of hydrogen-bond donors (Lipinski definition) is 0. The highest BCUT2D eigenvalue weighted by Gasteiger charge is 2.23. The molecule has 0 aliphatic carbocycles. The van der Waals surface area contributed by atoms with E-state index in [1.807, 2.05) is 17.0 Å². The Morgan fingerprint density at radius 2 is 1.79 bits per heavy atom. The predicted octanol–water partition coefficient (Wildman–Crippen LogP) is 1.57. The summed E-state index contributed by atoms with van der Waals surface area (Å²) in [4.78, 5) is 39.5. The summed E-state index contributed by atoms with van der Waals surface area (Å²) in [7, 11) is 1.77. The maximum absolute atomic E-state index is 12.8. The number of nitrogens with zero attached hydrogens (tertiary/aromatic N) is 5. The van der Waals surface area contributed by atoms with Gasteiger partial charge in [-0.3, -0.25) is 19.6 Å². The standard InChI is InChI=1S/C21H27N5O2/c1-3-25-12-14-26(15-13-25)21(28)19-16-18(6-10-23-19)20(27)24(2)11-7-17-4-8-22-9-5-17/h4-6,8-10,16H,3,7,11-15H2,1-2H3. The highest BCUT2D eigenvalue weighted by Crippen LogP contribution is 2.11. The molecule has 0 radical (unpaired) electrons. The van der Waals surface area contributed by atoms with Gasteiger partial charge in [0.05, 0.1) is 0 Å². The number of likely N-dealkylation sites (N-methyl/N-ethyl adjacent to an activating group) is 2. The molecule has 1 aliphatic heterocycles. The SMILES string of the molecule is CCN1CCN(C(=O)c2cc(C(=O)N(C)CCc3ccncc3)ccn2)CC1. The van der Waals surface area contributed by atoms with E-state index in [1.165, 1.54) is 0 Å². The number of hydrogen-bond acceptors (Lipinski definition) is 5. The van der Waals surface area contributed by atoms with E-state index in [4.69, 9.17) is 0 Å². The largest absolute Gasteiger partial charge is 0.341 e. The van der Waals surface area contributed by atoms with Crippen LogP contribution in [-0.2, 0) is 6.42 Å². The Labute approximate surface area is 166 Å². The summed E-state index contributed by atoms with van der Waals surface area (Å²) in [5.74, 6) is -0.217. The molecule has 2 aromatic heterocycles. The monoisotopic (exact) mass is 381 g/mol. The lowest BCUT2D eigenvalue weighted by atomic mass is 10.1. The average Bonchev–Trinajstić information content (AvgIpc) is 2.77. The molecule has 0 bridgehead atoms. The molecule has 0 spiro atoms. The summed E-state index contributed by atoms with van der Waals surface area (Å²) in [6.07, 6.45) is 5.79. The fourth-order valence-corrected chi connectivity index (χ4v) is 3.28. The van der Waals surface area contributed by atoms with Gasteiger partial charge in [-0.1, -0.05) is 6.92 Å². The molecule has 0 N–H and O–H groups in total. The van der Waals surface area contributed by atoms with E-state index in [0.717, 1.165) is 31.6 Å². The number of aromatic nitrogens is 2. The van der Waals surface area contributed by atoms with Crippen molar-refractivity contribution < 1.29 is 9.59 Å². The second kappa shape index (κ2) is 9.41. The summed E-state index contributed by atoms with van der Waals surface area (Å²) >= 11 is 0. The molecule has 0 aromatic carbocycles. The molecule has 2 aromatic rings. The van der Waals surface area contributed by atoms with Crippen LogP contribution in [0.25, 0.3) is 0 Å². The molecular weight excluding hydrogens is 354 g/mol. The zero-order chi connectivity index (χ0) is 19.9. The van der Waals surface area contributed by atoms with Crippen LogP contribution in [0.4, 0.5) is 0 Å². The van der Waals surface area contributed by atoms with Crippen molar-refractivity contribution in [3.05, 3.63) is 59.7 Å². The molecule has 7 heteroatoms. The first kappa shape index (κ1) is 19.9. The van der Waals surface area contributed by atoms with Gasteiger partial charge in [0.1, 0.15) is 5.69 Å². The van der Waals surface area contributed by atoms with E-state index in [1.54, 1.807) is 42.7 Å². The van der Waals surface area contributed by atoms with E-state index in [9.17, 15) is 9.59 Å². The lowest BCUT2D eigenvalue weighted by Gasteiger charge is -2.33. The predicted molar refractivity (Wildman–Crippen MR) is 107 cm³/mol. The van der Waals surface area contributed by atoms with Gasteiger partial charge >= 0.3 is 0 Å². The molecule has 28 heavy (non-hydrogen) atoms. The molecule has 148 valence electrons. The summed E-state index contributed by atoms with van der Waals surface area (Å²) in [6.45, 7) is 6.84. The van der Waals surface area contributed by atoms with E-state index in [-0.39, 0.29) is 11.8 Å². The molecule has 3 rings (SSSR count). The number of amides is 2. The minimum Gasteiger partial charge on any atom is -0.341 e. The normalized spacial score (nSPS) is 14.7. The first-order chi connectivity index (χ1) is 13.6. The van der Waals surface area contributed by atoms with Crippen molar-refractivity contribution in [1.82, 2.24) is 24.7 Å². The summed E-state index contributed by atoms with van der Waals surface area (Å²) in [5, 5.41) is 0. The van der Waals surface area contributed by atoms with Crippen molar-refractivity contribution in [1.29, 1.82) is 0 Å². The van der Waals surface area contributed by atoms with Crippen LogP contribution in [0, 0.1) is 0 Å². The van der Waals surface area contributed by atoms with Crippen molar-refractivity contribution in [2.24, 2.45) is 0 Å². The number of pyridine rings is 2. The van der Waals surface area contributed by atoms with Crippen molar-refractivity contribution >= 4 is 11.8 Å². The minimum absolute atomic E-state index is 0.107. The zero-order valence-electron chi connectivity index (χ0n) is 16.5. The first-order valence-corrected chi connectivity index (χ1v) is 9.70. The second-order valence-electron chi connectivity index (χ2n) is 6.99. The van der Waals surface area contributed by atoms with Crippen molar-refractivity contribution in [2.75, 3.05) is 46.3 Å². The van der Waals surface area contributed by atoms with Gasteiger partial charge < -0.3 is 14.7 Å². The Hall–Kier alpha value is -2.80. The number of piperazine rings is 1. The van der Waals surface area contributed by atoms with Crippen molar-refractivity contribution in [3.63, 3.8) is 0 Å². The highest BCUT2D eigenvalue weighted by molar-refractivity contribution is 5.98. The van der Waals surface area contributed by atoms with E-state index >= 15 is 0 Å². The van der Waals surface area contributed by atoms with Gasteiger partial charge in [0, 0.05) is 63.9 Å². The second-order valence-corrected chi connectivity index (χ2v) is 6.99. The summed E-state index contributed by atoms with van der Waals surface area (Å²) in [6, 6.07) is 7.16. The van der Waals surface area contributed by atoms with Crippen LogP contribution in [0.2, 0.25) is 0 Å². The van der Waals surface area contributed by atoms with Crippen LogP contribution in [0.5, 0.6) is 0 Å². The van der Waals surface area contributed by atoms with Gasteiger partial charge in [0.15, 0.2) is 0 Å². The van der Waals surface area contributed by atoms with E-state index < -0.39 is 0 Å². The van der Waals surface area contributed by atoms with Crippen molar-refractivity contribution in [2.45, 2.75) is 13.3 Å². The molecule has 0 atom stereocenters. The van der Waals surface area contributed by atoms with E-state index in [2.05, 4.69) is 21.8 Å². The maximum atomic E-state index is 12.8. The Balaban J connectivity index is 1.61. The van der Waals surface area contributed by atoms with Crippen LogP contribution < -0.4 is 0 Å². The minimum atomic E-state index is -0.110. The Kier molecular flexibility index (Phi) is 6.71. The molecule has 3 heterocycles. The van der Waals surface area contributed by atoms with Gasteiger partial charge in [-0.25, -0.2) is 0 Å². The first-order valence-electron chi connectivity index (χ1n) is 9.70. The van der Waals surface area contributed by atoms with Gasteiger partial charge in [0.2, 0.25) is 0 Å². The number of carbonyl (C=O) groups excluding carboxylic acids is 2. The van der Waals surface area contributed by atoms with Crippen LogP contribution >= 0.6 is 0 Å². The fraction of sp³-hybridized carbons (Fsp3) is 0.429. The van der Waals surface area contributed by atoms with Gasteiger partial charge in [-0.2, -0.15) is 0 Å². The molecule has 2 amide bonds. The Morgan fingerprint density at radius 1 is 1.07 bits per heavy atom. The van der Waals surface area contributed by atoms with Gasteiger partial charge in [-0.15, -0.1) is 0 Å². The molecular formula is C21H27N5O2. The summed E-state index contributed by atoms with van der Waals surface area (Å²) < 4.78 is 0. The molecule has 1 saturated heterocycles. The number of rotatable bonds is 6. The van der Waals surface area contributed by atoms with E-state index in [0.29, 0.717) is 30.9 Å². The lowest BCUT2D eigenvalue weighted by molar-refractivity contribution is 0.0637. The molecule has 1 aliphatic rings. The lowest BCUT2D eigenvalue weighted by Crippen LogP contribution is -2.48. The highest BCUT2D eigenvalue weighted by atomic mass is 16.2. The Morgan fingerprint density at radius 3 is 2.46 bits per heavy atom. The summed E-state index contributed by atoms with van der Waals surface area (Å²) in [5.41, 5.74) is 1.95. The third kappa shape index (κ3) is 4.92. The number of carbonyl (C=O) groups is 2. The topological polar surface area (TPSA) is 69.6 Å². The van der Waals surface area contributed by atoms with Crippen molar-refractivity contribution in [3.8, 4) is 0 Å². The van der Waals surface area contributed by atoms with Crippen LogP contribution in [0.15, 0.2) is 42.9 Å². The van der Waals surface area contributed by atoms with Gasteiger partial charge in [-0.05, 0) is 42.8 Å². The Bertz CT molecular complexity index is 803. The van der Waals surface area contributed by atoms with Crippen LogP contribution in [0.1, 0.15) is 33.3 Å². The smallest absolute Gasteiger partial charge is 0.272 e. The van der Waals surface area contributed by atoms with Gasteiger partial charge in [0.25, 0.3) is 11.8 Å². The third-order valence-electron chi connectivity index (χ3n) is 5.16.